The number of pyridine rings is 1. The highest BCUT2D eigenvalue weighted by atomic mass is 15.2. The van der Waals surface area contributed by atoms with Gasteiger partial charge < -0.3 is 0 Å². The quantitative estimate of drug-likeness (QED) is 0.169. The summed E-state index contributed by atoms with van der Waals surface area (Å²) in [5.41, 5.74) is 13.0. The highest BCUT2D eigenvalue weighted by Gasteiger charge is 2.46. The average Bonchev–Trinajstić information content (AvgIpc) is 3.83. The smallest absolute Gasteiger partial charge is 0.238 e. The van der Waals surface area contributed by atoms with Crippen molar-refractivity contribution in [2.75, 3.05) is 0 Å². The molecule has 5 nitrogen and oxygen atoms in total. The minimum atomic E-state index is -0.511. The van der Waals surface area contributed by atoms with Crippen molar-refractivity contribution in [3.63, 3.8) is 0 Å². The van der Waals surface area contributed by atoms with Gasteiger partial charge in [0.25, 0.3) is 0 Å². The van der Waals surface area contributed by atoms with Gasteiger partial charge in [0.2, 0.25) is 5.95 Å². The highest BCUT2D eigenvalue weighted by molar-refractivity contribution is 6.21. The van der Waals surface area contributed by atoms with Crippen molar-refractivity contribution < 1.29 is 0 Å². The summed E-state index contributed by atoms with van der Waals surface area (Å²) in [5.74, 6) is 1.82. The summed E-state index contributed by atoms with van der Waals surface area (Å²) < 4.78 is 2.23. The molecule has 0 bridgehead atoms. The molecule has 0 N–H and O–H groups in total. The van der Waals surface area contributed by atoms with E-state index in [2.05, 4.69) is 167 Å². The van der Waals surface area contributed by atoms with Crippen LogP contribution in [0, 0.1) is 0 Å². The van der Waals surface area contributed by atoms with Gasteiger partial charge in [-0.05, 0) is 79.5 Å². The van der Waals surface area contributed by atoms with Crippen LogP contribution in [-0.2, 0) is 5.41 Å². The number of fused-ring (bicyclic) bond motifs is 8. The molecule has 0 radical (unpaired) electrons. The predicted molar refractivity (Wildman–Crippen MR) is 243 cm³/mol. The van der Waals surface area contributed by atoms with E-state index in [-0.39, 0.29) is 0 Å². The molecule has 280 valence electrons. The van der Waals surface area contributed by atoms with Crippen molar-refractivity contribution in [2.24, 2.45) is 0 Å². The summed E-state index contributed by atoms with van der Waals surface area (Å²) in [7, 11) is 0. The molecule has 1 unspecified atom stereocenters. The van der Waals surface area contributed by atoms with Crippen LogP contribution >= 0.6 is 0 Å². The maximum Gasteiger partial charge on any atom is 0.238 e. The van der Waals surface area contributed by atoms with Crippen LogP contribution in [0.4, 0.5) is 0 Å². The SMILES string of the molecule is c1ccc(-c2nc(-c3ccccc3)nc(-n3c4cc(-c5ccc6c(c5)-c5ccccc5C6(c5ccccc5)c5cccnc5)ccc4c4c5ccccc5ccc43)n2)cc1. The Bertz CT molecular complexity index is 3320. The maximum atomic E-state index is 5.24. The minimum Gasteiger partial charge on any atom is -0.278 e. The van der Waals surface area contributed by atoms with Crippen molar-refractivity contribution in [1.82, 2.24) is 24.5 Å². The van der Waals surface area contributed by atoms with Crippen molar-refractivity contribution >= 4 is 32.6 Å². The van der Waals surface area contributed by atoms with Gasteiger partial charge in [-0.1, -0.05) is 176 Å². The first-order valence-electron chi connectivity index (χ1n) is 20.3. The van der Waals surface area contributed by atoms with E-state index >= 15 is 0 Å². The van der Waals surface area contributed by atoms with Gasteiger partial charge in [-0.3, -0.25) is 9.55 Å². The van der Waals surface area contributed by atoms with Gasteiger partial charge in [-0.15, -0.1) is 0 Å². The molecule has 0 saturated carbocycles. The first-order chi connectivity index (χ1) is 29.8. The molecule has 3 aromatic heterocycles. The predicted octanol–water partition coefficient (Wildman–Crippen LogP) is 12.9. The molecule has 0 fully saturated rings. The summed E-state index contributed by atoms with van der Waals surface area (Å²) in [6, 6.07) is 71.2. The summed E-state index contributed by atoms with van der Waals surface area (Å²) >= 11 is 0. The second kappa shape index (κ2) is 13.5. The van der Waals surface area contributed by atoms with E-state index < -0.39 is 5.41 Å². The van der Waals surface area contributed by atoms with E-state index in [1.54, 1.807) is 0 Å². The Morgan fingerprint density at radius 1 is 0.400 bits per heavy atom. The van der Waals surface area contributed by atoms with Crippen molar-refractivity contribution in [2.45, 2.75) is 5.41 Å². The molecular weight excluding hydrogens is 731 g/mol. The lowest BCUT2D eigenvalue weighted by atomic mass is 9.68. The second-order valence-corrected chi connectivity index (χ2v) is 15.4. The molecule has 3 heterocycles. The van der Waals surface area contributed by atoms with Crippen LogP contribution in [0.5, 0.6) is 0 Å². The number of rotatable bonds is 6. The molecule has 0 saturated heterocycles. The van der Waals surface area contributed by atoms with Crippen molar-refractivity contribution in [3.8, 4) is 51.0 Å². The number of hydrogen-bond donors (Lipinski definition) is 0. The number of aromatic nitrogens is 5. The first kappa shape index (κ1) is 34.1. The third kappa shape index (κ3) is 5.12. The molecule has 0 amide bonds. The van der Waals surface area contributed by atoms with Gasteiger partial charge in [0.15, 0.2) is 11.6 Å². The molecule has 1 atom stereocenters. The monoisotopic (exact) mass is 765 g/mol. The lowest BCUT2D eigenvalue weighted by Crippen LogP contribution is -2.28. The zero-order chi connectivity index (χ0) is 39.6. The summed E-state index contributed by atoms with van der Waals surface area (Å²) in [5, 5.41) is 4.68. The van der Waals surface area contributed by atoms with Crippen LogP contribution in [0.25, 0.3) is 83.6 Å². The lowest BCUT2D eigenvalue weighted by Gasteiger charge is -2.33. The van der Waals surface area contributed by atoms with E-state index in [9.17, 15) is 0 Å². The third-order valence-corrected chi connectivity index (χ3v) is 12.2. The Morgan fingerprint density at radius 2 is 1.03 bits per heavy atom. The topological polar surface area (TPSA) is 56.5 Å². The Balaban J connectivity index is 1.11. The van der Waals surface area contributed by atoms with E-state index in [1.807, 2.05) is 54.9 Å². The summed E-state index contributed by atoms with van der Waals surface area (Å²) in [4.78, 5) is 20.1. The van der Waals surface area contributed by atoms with Crippen LogP contribution in [0.1, 0.15) is 22.3 Å². The Hall–Kier alpha value is -8.02. The standard InChI is InChI=1S/C55H35N5/c1-4-16-37(17-5-1)52-57-53(38-18-6-2-7-19-38)59-54(58-52)60-49-31-28-36-15-10-11-23-43(36)51(49)45-29-26-40(34-50(45)60)39-27-30-48-46(33-39)44-24-12-13-25-47(44)55(48,41-20-8-3-9-21-41)42-22-14-32-56-35-42/h1-35H. The van der Waals surface area contributed by atoms with Crippen molar-refractivity contribution in [3.05, 3.63) is 235 Å². The van der Waals surface area contributed by atoms with Crippen LogP contribution in [0.2, 0.25) is 0 Å². The van der Waals surface area contributed by atoms with Gasteiger partial charge in [-0.25, -0.2) is 4.98 Å². The fourth-order valence-electron chi connectivity index (χ4n) is 9.60. The molecule has 1 aliphatic rings. The van der Waals surface area contributed by atoms with Gasteiger partial charge in [-0.2, -0.15) is 9.97 Å². The Labute approximate surface area is 347 Å². The zero-order valence-electron chi connectivity index (χ0n) is 32.4. The molecule has 1 aliphatic carbocycles. The normalized spacial score (nSPS) is 14.4. The van der Waals surface area contributed by atoms with E-state index in [0.717, 1.165) is 44.2 Å². The molecular formula is C55H35N5. The average molecular weight is 766 g/mol. The molecule has 8 aromatic carbocycles. The number of nitrogens with zero attached hydrogens (tertiary/aromatic N) is 5. The van der Waals surface area contributed by atoms with E-state index in [1.165, 1.54) is 44.0 Å². The fourth-order valence-corrected chi connectivity index (χ4v) is 9.60. The Kier molecular flexibility index (Phi) is 7.69. The zero-order valence-corrected chi connectivity index (χ0v) is 32.4. The number of benzene rings is 8. The highest BCUT2D eigenvalue weighted by Crippen LogP contribution is 2.56. The van der Waals surface area contributed by atoms with Gasteiger partial charge >= 0.3 is 0 Å². The lowest BCUT2D eigenvalue weighted by molar-refractivity contribution is 0.763. The van der Waals surface area contributed by atoms with Gasteiger partial charge in [0, 0.05) is 34.3 Å². The molecule has 5 heteroatoms. The van der Waals surface area contributed by atoms with Gasteiger partial charge in [0.05, 0.1) is 16.4 Å². The fraction of sp³-hybridized carbons (Fsp3) is 0.0182. The molecule has 0 spiro atoms. The molecule has 12 rings (SSSR count). The Morgan fingerprint density at radius 3 is 1.78 bits per heavy atom. The number of hydrogen-bond acceptors (Lipinski definition) is 4. The van der Waals surface area contributed by atoms with Gasteiger partial charge in [0.1, 0.15) is 0 Å². The van der Waals surface area contributed by atoms with Crippen molar-refractivity contribution in [1.29, 1.82) is 0 Å². The summed E-state index contributed by atoms with van der Waals surface area (Å²) in [6.45, 7) is 0. The first-order valence-corrected chi connectivity index (χ1v) is 20.3. The molecule has 0 aliphatic heterocycles. The van der Waals surface area contributed by atoms with E-state index in [0.29, 0.717) is 17.6 Å². The minimum absolute atomic E-state index is 0.511. The second-order valence-electron chi connectivity index (χ2n) is 15.4. The third-order valence-electron chi connectivity index (χ3n) is 12.2. The van der Waals surface area contributed by atoms with Crippen LogP contribution in [-0.4, -0.2) is 24.5 Å². The molecule has 60 heavy (non-hydrogen) atoms. The maximum absolute atomic E-state index is 5.24. The van der Waals surface area contributed by atoms with Crippen LogP contribution in [0.3, 0.4) is 0 Å². The molecule has 11 aromatic rings. The van der Waals surface area contributed by atoms with Crippen LogP contribution in [0.15, 0.2) is 213 Å². The summed E-state index contributed by atoms with van der Waals surface area (Å²) in [6.07, 6.45) is 3.88. The van der Waals surface area contributed by atoms with E-state index in [4.69, 9.17) is 15.0 Å². The van der Waals surface area contributed by atoms with Crippen LogP contribution < -0.4 is 0 Å². The largest absolute Gasteiger partial charge is 0.278 e.